The van der Waals surface area contributed by atoms with Gasteiger partial charge in [-0.25, -0.2) is 0 Å². The first-order chi connectivity index (χ1) is 10.3. The van der Waals surface area contributed by atoms with Crippen molar-refractivity contribution in [2.24, 2.45) is 5.92 Å². The van der Waals surface area contributed by atoms with E-state index in [0.29, 0.717) is 0 Å². The van der Waals surface area contributed by atoms with E-state index in [2.05, 4.69) is 32.2 Å². The van der Waals surface area contributed by atoms with Crippen LogP contribution in [0.2, 0.25) is 0 Å². The first-order valence-corrected chi connectivity index (χ1v) is 9.21. The van der Waals surface area contributed by atoms with Gasteiger partial charge in [-0.05, 0) is 38.0 Å². The maximum absolute atomic E-state index is 3.72. The highest BCUT2D eigenvalue weighted by Crippen LogP contribution is 2.26. The van der Waals surface area contributed by atoms with E-state index in [4.69, 9.17) is 0 Å². The Hall–Kier alpha value is -0.780. The normalized spacial score (nSPS) is 14.9. The van der Waals surface area contributed by atoms with Gasteiger partial charge in [0.2, 0.25) is 0 Å². The van der Waals surface area contributed by atoms with Crippen molar-refractivity contribution in [1.29, 1.82) is 0 Å². The summed E-state index contributed by atoms with van der Waals surface area (Å²) in [7, 11) is 0. The smallest absolute Gasteiger partial charge is 0.0172 e. The molecule has 0 aromatic carbocycles. The number of rotatable bonds is 11. The van der Waals surface area contributed by atoms with Crippen LogP contribution in [0.1, 0.15) is 90.4 Å². The highest BCUT2D eigenvalue weighted by atomic mass is 14.2. The predicted octanol–water partition coefficient (Wildman–Crippen LogP) is 7.62. The maximum Gasteiger partial charge on any atom is -0.0172 e. The predicted molar refractivity (Wildman–Crippen MR) is 98.7 cm³/mol. The molecule has 21 heavy (non-hydrogen) atoms. The Balaban J connectivity index is 0.000000471. The van der Waals surface area contributed by atoms with Gasteiger partial charge < -0.3 is 0 Å². The highest BCUT2D eigenvalue weighted by Gasteiger charge is 2.11. The summed E-state index contributed by atoms with van der Waals surface area (Å²) in [6.07, 6.45) is 26.0. The molecule has 0 nitrogen and oxygen atoms in total. The summed E-state index contributed by atoms with van der Waals surface area (Å²) in [5.41, 5.74) is 0. The molecule has 0 atom stereocenters. The lowest BCUT2D eigenvalue weighted by Gasteiger charge is -1.99. The van der Waals surface area contributed by atoms with Gasteiger partial charge in [-0.1, -0.05) is 82.6 Å². The minimum absolute atomic E-state index is 1.01. The van der Waals surface area contributed by atoms with E-state index in [1.54, 1.807) is 0 Å². The fraction of sp³-hybridized carbons (Fsp3) is 0.714. The molecule has 0 heterocycles. The van der Waals surface area contributed by atoms with Crippen LogP contribution in [-0.2, 0) is 0 Å². The van der Waals surface area contributed by atoms with E-state index < -0.39 is 0 Å². The summed E-state index contributed by atoms with van der Waals surface area (Å²) in [6, 6.07) is 0. The largest absolute Gasteiger partial charge is 0.103 e. The highest BCUT2D eigenvalue weighted by molar-refractivity contribution is 4.87. The standard InChI is InChI=1S/C14H24.C7H14/c1-3-5-7-9-11-13-14-12-10-8-6-4-2;1-2-7-5-3-4-6-7/h3-4,7,9H,1-2,5-6,8,10-14H2;7H,2-6H2,1H3/b9-7-;. The van der Waals surface area contributed by atoms with Crippen LogP contribution in [0, 0.1) is 5.92 Å². The van der Waals surface area contributed by atoms with Gasteiger partial charge in [0.15, 0.2) is 0 Å². The van der Waals surface area contributed by atoms with E-state index in [9.17, 15) is 0 Å². The molecule has 0 spiro atoms. The van der Waals surface area contributed by atoms with Crippen LogP contribution in [0.25, 0.3) is 0 Å². The number of hydrogen-bond acceptors (Lipinski definition) is 0. The van der Waals surface area contributed by atoms with Crippen molar-refractivity contribution in [3.05, 3.63) is 37.5 Å². The summed E-state index contributed by atoms with van der Waals surface area (Å²) in [5, 5.41) is 0. The molecule has 1 fully saturated rings. The van der Waals surface area contributed by atoms with E-state index in [1.807, 2.05) is 12.2 Å². The summed E-state index contributed by atoms with van der Waals surface area (Å²) < 4.78 is 0. The lowest BCUT2D eigenvalue weighted by molar-refractivity contribution is 0.531. The molecule has 1 rings (SSSR count). The van der Waals surface area contributed by atoms with Gasteiger partial charge in [-0.2, -0.15) is 0 Å². The molecule has 0 N–H and O–H groups in total. The Morgan fingerprint density at radius 3 is 1.95 bits per heavy atom. The average molecular weight is 291 g/mol. The van der Waals surface area contributed by atoms with Crippen LogP contribution in [0.3, 0.4) is 0 Å². The summed E-state index contributed by atoms with van der Waals surface area (Å²) >= 11 is 0. The van der Waals surface area contributed by atoms with Crippen LogP contribution >= 0.6 is 0 Å². The number of unbranched alkanes of at least 4 members (excludes halogenated alkanes) is 6. The van der Waals surface area contributed by atoms with E-state index in [0.717, 1.165) is 12.3 Å². The van der Waals surface area contributed by atoms with Gasteiger partial charge in [0.25, 0.3) is 0 Å². The van der Waals surface area contributed by atoms with Crippen LogP contribution < -0.4 is 0 Å². The second-order valence-corrected chi connectivity index (χ2v) is 6.19. The fourth-order valence-corrected chi connectivity index (χ4v) is 2.81. The molecule has 0 saturated heterocycles. The zero-order valence-electron chi connectivity index (χ0n) is 14.5. The van der Waals surface area contributed by atoms with E-state index >= 15 is 0 Å². The molecule has 0 unspecified atom stereocenters. The Labute approximate surface area is 134 Å². The minimum atomic E-state index is 1.01. The Morgan fingerprint density at radius 2 is 1.43 bits per heavy atom. The van der Waals surface area contributed by atoms with Gasteiger partial charge in [0, 0.05) is 0 Å². The van der Waals surface area contributed by atoms with Crippen molar-refractivity contribution in [2.75, 3.05) is 0 Å². The van der Waals surface area contributed by atoms with Crippen LogP contribution in [-0.4, -0.2) is 0 Å². The minimum Gasteiger partial charge on any atom is -0.103 e. The molecule has 0 radical (unpaired) electrons. The molecule has 0 amide bonds. The Bertz CT molecular complexity index is 243. The number of hydrogen-bond donors (Lipinski definition) is 0. The summed E-state index contributed by atoms with van der Waals surface area (Å²) in [4.78, 5) is 0. The third-order valence-electron chi connectivity index (χ3n) is 4.30. The molecule has 122 valence electrons. The van der Waals surface area contributed by atoms with Crippen molar-refractivity contribution >= 4 is 0 Å². The lowest BCUT2D eigenvalue weighted by atomic mass is 10.1. The van der Waals surface area contributed by atoms with Crippen LogP contribution in [0.4, 0.5) is 0 Å². The third-order valence-corrected chi connectivity index (χ3v) is 4.30. The first kappa shape index (κ1) is 20.2. The summed E-state index contributed by atoms with van der Waals surface area (Å²) in [6.45, 7) is 9.70. The molecule has 1 aliphatic carbocycles. The Morgan fingerprint density at radius 1 is 0.810 bits per heavy atom. The quantitative estimate of drug-likeness (QED) is 0.271. The van der Waals surface area contributed by atoms with Crippen molar-refractivity contribution in [1.82, 2.24) is 0 Å². The monoisotopic (exact) mass is 290 g/mol. The molecule has 0 aromatic rings. The van der Waals surface area contributed by atoms with Gasteiger partial charge in [0.05, 0.1) is 0 Å². The van der Waals surface area contributed by atoms with Gasteiger partial charge in [0.1, 0.15) is 0 Å². The second kappa shape index (κ2) is 17.3. The zero-order chi connectivity index (χ0) is 15.6. The maximum atomic E-state index is 3.72. The third kappa shape index (κ3) is 15.4. The Kier molecular flexibility index (Phi) is 16.6. The van der Waals surface area contributed by atoms with Crippen LogP contribution in [0.15, 0.2) is 37.5 Å². The molecule has 0 bridgehead atoms. The molecule has 0 aliphatic heterocycles. The summed E-state index contributed by atoms with van der Waals surface area (Å²) in [5.74, 6) is 1.10. The molecule has 1 aliphatic rings. The van der Waals surface area contributed by atoms with E-state index in [1.165, 1.54) is 77.0 Å². The zero-order valence-corrected chi connectivity index (χ0v) is 14.5. The van der Waals surface area contributed by atoms with Crippen molar-refractivity contribution in [2.45, 2.75) is 90.4 Å². The van der Waals surface area contributed by atoms with Gasteiger partial charge >= 0.3 is 0 Å². The number of allylic oxidation sites excluding steroid dienone is 4. The van der Waals surface area contributed by atoms with Gasteiger partial charge in [-0.15, -0.1) is 13.2 Å². The fourth-order valence-electron chi connectivity index (χ4n) is 2.81. The molecule has 0 heteroatoms. The topological polar surface area (TPSA) is 0 Å². The second-order valence-electron chi connectivity index (χ2n) is 6.19. The molecule has 1 saturated carbocycles. The first-order valence-electron chi connectivity index (χ1n) is 9.21. The van der Waals surface area contributed by atoms with Crippen LogP contribution in [0.5, 0.6) is 0 Å². The van der Waals surface area contributed by atoms with Gasteiger partial charge in [-0.3, -0.25) is 0 Å². The van der Waals surface area contributed by atoms with Crippen molar-refractivity contribution in [3.63, 3.8) is 0 Å². The molecule has 0 aromatic heterocycles. The lowest BCUT2D eigenvalue weighted by Crippen LogP contribution is -1.86. The van der Waals surface area contributed by atoms with Crippen molar-refractivity contribution < 1.29 is 0 Å². The molecular formula is C21H38. The van der Waals surface area contributed by atoms with E-state index in [-0.39, 0.29) is 0 Å². The molecular weight excluding hydrogens is 252 g/mol. The SMILES string of the molecule is C=CC/C=C\CCCCCCCC=C.CCC1CCCC1. The average Bonchev–Trinajstić information content (AvgIpc) is 3.03. The van der Waals surface area contributed by atoms with Crippen molar-refractivity contribution in [3.8, 4) is 0 Å².